The van der Waals surface area contributed by atoms with E-state index in [1.165, 1.54) is 5.56 Å². The second-order valence-corrected chi connectivity index (χ2v) is 6.23. The predicted molar refractivity (Wildman–Crippen MR) is 75.9 cm³/mol. The van der Waals surface area contributed by atoms with E-state index in [0.717, 1.165) is 24.8 Å². The third kappa shape index (κ3) is 1.72. The van der Waals surface area contributed by atoms with Crippen molar-refractivity contribution in [3.8, 4) is 6.07 Å². The zero-order valence-electron chi connectivity index (χ0n) is 12.1. The first-order valence-corrected chi connectivity index (χ1v) is 7.42. The summed E-state index contributed by atoms with van der Waals surface area (Å²) in [6, 6.07) is 10.4. The van der Waals surface area contributed by atoms with E-state index >= 15 is 0 Å². The van der Waals surface area contributed by atoms with Crippen molar-refractivity contribution in [2.24, 2.45) is 5.41 Å². The fourth-order valence-electron chi connectivity index (χ4n) is 3.77. The van der Waals surface area contributed by atoms with Crippen LogP contribution in [0.2, 0.25) is 0 Å². The summed E-state index contributed by atoms with van der Waals surface area (Å²) in [5, 5.41) is 20.9. The van der Waals surface area contributed by atoms with Crippen LogP contribution in [-0.4, -0.2) is 17.3 Å². The summed E-state index contributed by atoms with van der Waals surface area (Å²) in [7, 11) is 0. The normalized spacial score (nSPS) is 34.7. The minimum absolute atomic E-state index is 0.140. The van der Waals surface area contributed by atoms with E-state index in [-0.39, 0.29) is 12.2 Å². The van der Waals surface area contributed by atoms with Crippen LogP contribution in [0.3, 0.4) is 0 Å². The van der Waals surface area contributed by atoms with Crippen molar-refractivity contribution in [1.29, 1.82) is 5.26 Å². The number of benzene rings is 1. The van der Waals surface area contributed by atoms with E-state index in [0.29, 0.717) is 6.42 Å². The van der Waals surface area contributed by atoms with Crippen LogP contribution in [-0.2, 0) is 16.8 Å². The van der Waals surface area contributed by atoms with Gasteiger partial charge in [0.15, 0.2) is 0 Å². The molecule has 0 aromatic heterocycles. The Labute approximate surface area is 120 Å². The molecule has 2 bridgehead atoms. The van der Waals surface area contributed by atoms with Gasteiger partial charge >= 0.3 is 0 Å². The number of hydrogen-bond donors (Lipinski definition) is 1. The highest BCUT2D eigenvalue weighted by molar-refractivity contribution is 5.33. The van der Waals surface area contributed by atoms with Crippen LogP contribution in [0.25, 0.3) is 0 Å². The Kier molecular flexibility index (Phi) is 3.12. The number of aryl methyl sites for hydroxylation is 1. The van der Waals surface area contributed by atoms with Gasteiger partial charge in [0.25, 0.3) is 0 Å². The maximum absolute atomic E-state index is 11.1. The number of aliphatic hydroxyl groups is 1. The molecule has 3 rings (SSSR count). The Bertz CT molecular complexity index is 543. The Morgan fingerprint density at radius 1 is 1.40 bits per heavy atom. The lowest BCUT2D eigenvalue weighted by Gasteiger charge is -2.41. The summed E-state index contributed by atoms with van der Waals surface area (Å²) < 4.78 is 5.85. The van der Waals surface area contributed by atoms with Crippen molar-refractivity contribution in [3.63, 3.8) is 0 Å². The van der Waals surface area contributed by atoms with E-state index in [2.05, 4.69) is 13.0 Å². The standard InChI is InChI=1S/C17H21NO2/c1-3-12-4-6-13(7-5-12)16(2,19)17(11-18)10-14-8-9-15(17)20-14/h4-7,14-15,19H,3,8-10H2,1-2H3. The monoisotopic (exact) mass is 271 g/mol. The molecule has 0 amide bonds. The molecule has 2 heterocycles. The van der Waals surface area contributed by atoms with Crippen molar-refractivity contribution >= 4 is 0 Å². The molecule has 2 saturated heterocycles. The van der Waals surface area contributed by atoms with Crippen LogP contribution in [0.1, 0.15) is 44.2 Å². The Hall–Kier alpha value is -1.37. The Morgan fingerprint density at radius 3 is 2.55 bits per heavy atom. The zero-order chi connectivity index (χ0) is 14.4. The summed E-state index contributed by atoms with van der Waals surface area (Å²) in [5.74, 6) is 0. The molecule has 3 heteroatoms. The van der Waals surface area contributed by atoms with E-state index in [1.54, 1.807) is 6.92 Å². The molecule has 4 unspecified atom stereocenters. The van der Waals surface area contributed by atoms with Crippen LogP contribution in [0.5, 0.6) is 0 Å². The highest BCUT2D eigenvalue weighted by Gasteiger charge is 2.62. The van der Waals surface area contributed by atoms with Gasteiger partial charge in [-0.2, -0.15) is 5.26 Å². The fourth-order valence-corrected chi connectivity index (χ4v) is 3.77. The second kappa shape index (κ2) is 4.58. The molecule has 1 N–H and O–H groups in total. The molecule has 0 saturated carbocycles. The molecular weight excluding hydrogens is 250 g/mol. The lowest BCUT2D eigenvalue weighted by atomic mass is 9.62. The summed E-state index contributed by atoms with van der Waals surface area (Å²) in [6.07, 6.45) is 3.50. The summed E-state index contributed by atoms with van der Waals surface area (Å²) in [4.78, 5) is 0. The molecule has 2 aliphatic heterocycles. The Morgan fingerprint density at radius 2 is 2.10 bits per heavy atom. The maximum atomic E-state index is 11.1. The summed E-state index contributed by atoms with van der Waals surface area (Å²) in [6.45, 7) is 3.87. The first-order chi connectivity index (χ1) is 9.53. The molecule has 0 radical (unpaired) electrons. The molecule has 3 nitrogen and oxygen atoms in total. The topological polar surface area (TPSA) is 53.2 Å². The van der Waals surface area contributed by atoms with E-state index < -0.39 is 11.0 Å². The molecule has 1 aromatic carbocycles. The highest BCUT2D eigenvalue weighted by Crippen LogP contribution is 2.56. The van der Waals surface area contributed by atoms with E-state index in [1.807, 2.05) is 24.3 Å². The van der Waals surface area contributed by atoms with Gasteiger partial charge in [-0.25, -0.2) is 0 Å². The molecule has 4 atom stereocenters. The summed E-state index contributed by atoms with van der Waals surface area (Å²) in [5.41, 5.74) is 0.0597. The van der Waals surface area contributed by atoms with Gasteiger partial charge in [0, 0.05) is 0 Å². The van der Waals surface area contributed by atoms with Crippen molar-refractivity contribution in [2.45, 2.75) is 57.3 Å². The molecule has 2 aliphatic rings. The van der Waals surface area contributed by atoms with Gasteiger partial charge in [-0.15, -0.1) is 0 Å². The van der Waals surface area contributed by atoms with Gasteiger partial charge in [-0.05, 0) is 43.7 Å². The van der Waals surface area contributed by atoms with Crippen LogP contribution in [0, 0.1) is 16.7 Å². The number of ether oxygens (including phenoxy) is 1. The van der Waals surface area contributed by atoms with Crippen LogP contribution >= 0.6 is 0 Å². The lowest BCUT2D eigenvalue weighted by Crippen LogP contribution is -2.49. The first kappa shape index (κ1) is 13.6. The lowest BCUT2D eigenvalue weighted by molar-refractivity contribution is -0.0773. The van der Waals surface area contributed by atoms with Crippen molar-refractivity contribution < 1.29 is 9.84 Å². The number of hydrogen-bond acceptors (Lipinski definition) is 3. The van der Waals surface area contributed by atoms with Crippen LogP contribution in [0.4, 0.5) is 0 Å². The molecule has 2 fully saturated rings. The minimum Gasteiger partial charge on any atom is -0.384 e. The van der Waals surface area contributed by atoms with Gasteiger partial charge in [0.2, 0.25) is 0 Å². The SMILES string of the molecule is CCc1ccc(C(C)(O)C2(C#N)CC3CCC2O3)cc1. The average Bonchev–Trinajstić information content (AvgIpc) is 3.08. The van der Waals surface area contributed by atoms with Crippen LogP contribution in [0.15, 0.2) is 24.3 Å². The van der Waals surface area contributed by atoms with Crippen molar-refractivity contribution in [1.82, 2.24) is 0 Å². The third-order valence-corrected chi connectivity index (χ3v) is 5.20. The van der Waals surface area contributed by atoms with Crippen molar-refractivity contribution in [3.05, 3.63) is 35.4 Å². The number of nitriles is 1. The average molecular weight is 271 g/mol. The van der Waals surface area contributed by atoms with Crippen molar-refractivity contribution in [2.75, 3.05) is 0 Å². The molecule has 106 valence electrons. The van der Waals surface area contributed by atoms with E-state index in [9.17, 15) is 10.4 Å². The summed E-state index contributed by atoms with van der Waals surface area (Å²) >= 11 is 0. The highest BCUT2D eigenvalue weighted by atomic mass is 16.5. The van der Waals surface area contributed by atoms with Gasteiger partial charge in [-0.1, -0.05) is 31.2 Å². The van der Waals surface area contributed by atoms with Gasteiger partial charge in [0.05, 0.1) is 18.3 Å². The van der Waals surface area contributed by atoms with E-state index in [4.69, 9.17) is 4.74 Å². The zero-order valence-corrected chi connectivity index (χ0v) is 12.1. The number of fused-ring (bicyclic) bond motifs is 2. The third-order valence-electron chi connectivity index (χ3n) is 5.20. The predicted octanol–water partition coefficient (Wildman–Crippen LogP) is 2.92. The number of nitrogens with zero attached hydrogens (tertiary/aromatic N) is 1. The van der Waals surface area contributed by atoms with Gasteiger partial charge in [-0.3, -0.25) is 0 Å². The quantitative estimate of drug-likeness (QED) is 0.919. The largest absolute Gasteiger partial charge is 0.384 e. The molecule has 0 spiro atoms. The number of rotatable bonds is 3. The Balaban J connectivity index is 1.99. The molecule has 0 aliphatic carbocycles. The van der Waals surface area contributed by atoms with Gasteiger partial charge < -0.3 is 9.84 Å². The maximum Gasteiger partial charge on any atom is 0.118 e. The second-order valence-electron chi connectivity index (χ2n) is 6.23. The first-order valence-electron chi connectivity index (χ1n) is 7.42. The molecule has 20 heavy (non-hydrogen) atoms. The molecule has 1 aromatic rings. The van der Waals surface area contributed by atoms with Gasteiger partial charge in [0.1, 0.15) is 11.0 Å². The molecular formula is C17H21NO2. The smallest absolute Gasteiger partial charge is 0.118 e. The minimum atomic E-state index is -1.17. The fraction of sp³-hybridized carbons (Fsp3) is 0.588. The van der Waals surface area contributed by atoms with Crippen LogP contribution < -0.4 is 0 Å².